The first-order chi connectivity index (χ1) is 14.7. The molecular formula is C17H17F4N9O. The number of carbonyl (C=O) groups excluding carboxylic acids is 1. The molecule has 2 heterocycles. The van der Waals surface area contributed by atoms with Gasteiger partial charge in [-0.05, 0) is 24.3 Å². The van der Waals surface area contributed by atoms with E-state index in [1.165, 1.54) is 41.3 Å². The van der Waals surface area contributed by atoms with Crippen LogP contribution in [0.5, 0.6) is 0 Å². The van der Waals surface area contributed by atoms with E-state index in [9.17, 15) is 22.4 Å². The van der Waals surface area contributed by atoms with Gasteiger partial charge in [0.05, 0.1) is 0 Å². The maximum Gasteiger partial charge on any atom is 0.405 e. The highest BCUT2D eigenvalue weighted by Gasteiger charge is 2.27. The fraction of sp³-hybridized carbons (Fsp3) is 0.235. The lowest BCUT2D eigenvalue weighted by Gasteiger charge is -2.09. The van der Waals surface area contributed by atoms with Crippen LogP contribution in [0.3, 0.4) is 0 Å². The summed E-state index contributed by atoms with van der Waals surface area (Å²) < 4.78 is 50.5. The van der Waals surface area contributed by atoms with Gasteiger partial charge in [0.15, 0.2) is 5.82 Å². The van der Waals surface area contributed by atoms with Crippen molar-refractivity contribution < 1.29 is 22.4 Å². The Morgan fingerprint density at radius 3 is 2.61 bits per heavy atom. The van der Waals surface area contributed by atoms with Crippen molar-refractivity contribution in [2.75, 3.05) is 29.5 Å². The molecule has 5 N–H and O–H groups in total. The number of nitrogens with zero attached hydrogens (tertiary/aromatic N) is 5. The van der Waals surface area contributed by atoms with Gasteiger partial charge in [0.2, 0.25) is 17.8 Å². The number of carbonyl (C=O) groups is 1. The first-order valence-electron chi connectivity index (χ1n) is 8.84. The molecule has 0 saturated carbocycles. The number of nitrogens with one attached hydrogen (secondary N) is 3. The number of rotatable bonds is 8. The van der Waals surface area contributed by atoms with E-state index in [1.807, 2.05) is 0 Å². The smallest absolute Gasteiger partial charge is 0.369 e. The second-order valence-electron chi connectivity index (χ2n) is 6.17. The summed E-state index contributed by atoms with van der Waals surface area (Å²) in [6, 6.07) is 7.02. The molecule has 31 heavy (non-hydrogen) atoms. The Morgan fingerprint density at radius 2 is 1.90 bits per heavy atom. The maximum atomic E-state index is 13.0. The topological polar surface area (TPSA) is 136 Å². The van der Waals surface area contributed by atoms with Crippen molar-refractivity contribution in [3.8, 4) is 5.82 Å². The molecule has 0 atom stereocenters. The SMILES string of the molecule is Nc1nc(Nc2ccc(F)cc2)nn1-c1cc(NCCC(=O)NCC(F)(F)F)ncn1. The third kappa shape index (κ3) is 6.52. The number of alkyl halides is 3. The summed E-state index contributed by atoms with van der Waals surface area (Å²) in [5.74, 6) is -0.411. The molecule has 3 rings (SSSR count). The monoisotopic (exact) mass is 439 g/mol. The molecule has 10 nitrogen and oxygen atoms in total. The number of nitrogen functional groups attached to an aromatic ring is 1. The molecule has 0 radical (unpaired) electrons. The third-order valence-electron chi connectivity index (χ3n) is 3.75. The lowest BCUT2D eigenvalue weighted by molar-refractivity contribution is -0.138. The Kier molecular flexibility index (Phi) is 6.47. The van der Waals surface area contributed by atoms with Gasteiger partial charge in [0, 0.05) is 24.7 Å². The number of halogens is 4. The second-order valence-corrected chi connectivity index (χ2v) is 6.17. The lowest BCUT2D eigenvalue weighted by atomic mass is 10.3. The molecule has 2 aromatic heterocycles. The normalized spacial score (nSPS) is 11.2. The molecule has 164 valence electrons. The molecule has 14 heteroatoms. The number of nitrogens with two attached hydrogens (primary N) is 1. The average Bonchev–Trinajstić information content (AvgIpc) is 3.08. The predicted molar refractivity (Wildman–Crippen MR) is 103 cm³/mol. The number of aromatic nitrogens is 5. The standard InChI is InChI=1S/C17H17F4N9O/c18-10-1-3-11(4-2-10)27-16-28-15(22)30(29-16)13-7-12(25-9-26-13)23-6-5-14(31)24-8-17(19,20)21/h1-4,7,9H,5-6,8H2,(H,24,31)(H,23,25,26)(H3,22,27,28,29). The van der Waals surface area contributed by atoms with Gasteiger partial charge in [-0.2, -0.15) is 22.8 Å². The van der Waals surface area contributed by atoms with Crippen LogP contribution in [-0.2, 0) is 4.79 Å². The van der Waals surface area contributed by atoms with Gasteiger partial charge >= 0.3 is 6.18 Å². The van der Waals surface area contributed by atoms with Gasteiger partial charge in [-0.1, -0.05) is 0 Å². The van der Waals surface area contributed by atoms with Gasteiger partial charge in [0.1, 0.15) is 24.5 Å². The van der Waals surface area contributed by atoms with Crippen molar-refractivity contribution in [1.82, 2.24) is 30.0 Å². The van der Waals surface area contributed by atoms with E-state index >= 15 is 0 Å². The highest BCUT2D eigenvalue weighted by molar-refractivity contribution is 5.76. The summed E-state index contributed by atoms with van der Waals surface area (Å²) in [6.07, 6.45) is -3.44. The quantitative estimate of drug-likeness (QED) is 0.392. The van der Waals surface area contributed by atoms with E-state index in [0.29, 0.717) is 11.5 Å². The maximum absolute atomic E-state index is 13.0. The highest BCUT2D eigenvalue weighted by atomic mass is 19.4. The summed E-state index contributed by atoms with van der Waals surface area (Å²) in [6.45, 7) is -1.34. The number of benzene rings is 1. The van der Waals surface area contributed by atoms with Crippen LogP contribution < -0.4 is 21.7 Å². The van der Waals surface area contributed by atoms with Crippen LogP contribution in [0.15, 0.2) is 36.7 Å². The summed E-state index contributed by atoms with van der Waals surface area (Å²) >= 11 is 0. The minimum atomic E-state index is -4.47. The Morgan fingerprint density at radius 1 is 1.16 bits per heavy atom. The molecule has 0 aliphatic rings. The number of hydrogen-bond donors (Lipinski definition) is 4. The molecule has 1 amide bonds. The molecule has 1 aromatic carbocycles. The summed E-state index contributed by atoms with van der Waals surface area (Å²) in [5.41, 5.74) is 6.42. The zero-order chi connectivity index (χ0) is 22.4. The van der Waals surface area contributed by atoms with Crippen LogP contribution in [0.25, 0.3) is 5.82 Å². The van der Waals surface area contributed by atoms with Gasteiger partial charge < -0.3 is 21.7 Å². The van der Waals surface area contributed by atoms with Crippen molar-refractivity contribution >= 4 is 29.3 Å². The first-order valence-corrected chi connectivity index (χ1v) is 8.84. The van der Waals surface area contributed by atoms with E-state index in [1.54, 1.807) is 5.32 Å². The van der Waals surface area contributed by atoms with Gasteiger partial charge in [-0.3, -0.25) is 4.79 Å². The molecule has 0 spiro atoms. The molecule has 0 aliphatic heterocycles. The van der Waals surface area contributed by atoms with E-state index in [2.05, 4.69) is 30.7 Å². The van der Waals surface area contributed by atoms with E-state index in [-0.39, 0.29) is 36.5 Å². The fourth-order valence-electron chi connectivity index (χ4n) is 2.36. The Balaban J connectivity index is 1.60. The van der Waals surface area contributed by atoms with E-state index < -0.39 is 18.6 Å². The van der Waals surface area contributed by atoms with Crippen molar-refractivity contribution in [1.29, 1.82) is 0 Å². The van der Waals surface area contributed by atoms with Crippen LogP contribution in [0.1, 0.15) is 6.42 Å². The second kappa shape index (κ2) is 9.23. The molecule has 3 aromatic rings. The van der Waals surface area contributed by atoms with Crippen molar-refractivity contribution in [3.63, 3.8) is 0 Å². The zero-order valence-electron chi connectivity index (χ0n) is 15.8. The molecular weight excluding hydrogens is 422 g/mol. The molecule has 0 unspecified atom stereocenters. The Hall–Kier alpha value is -3.97. The Labute approximate surface area is 172 Å². The minimum Gasteiger partial charge on any atom is -0.369 e. The van der Waals surface area contributed by atoms with Crippen molar-refractivity contribution in [3.05, 3.63) is 42.5 Å². The summed E-state index contributed by atoms with van der Waals surface area (Å²) in [7, 11) is 0. The third-order valence-corrected chi connectivity index (χ3v) is 3.75. The lowest BCUT2D eigenvalue weighted by Crippen LogP contribution is -2.34. The fourth-order valence-corrected chi connectivity index (χ4v) is 2.36. The van der Waals surface area contributed by atoms with E-state index in [4.69, 9.17) is 5.73 Å². The van der Waals surface area contributed by atoms with Crippen LogP contribution in [-0.4, -0.2) is 49.9 Å². The van der Waals surface area contributed by atoms with Gasteiger partial charge in [0.25, 0.3) is 0 Å². The Bertz CT molecular complexity index is 1040. The average molecular weight is 439 g/mol. The van der Waals surface area contributed by atoms with Crippen molar-refractivity contribution in [2.24, 2.45) is 0 Å². The molecule has 0 bridgehead atoms. The van der Waals surface area contributed by atoms with Crippen molar-refractivity contribution in [2.45, 2.75) is 12.6 Å². The van der Waals surface area contributed by atoms with Crippen LogP contribution in [0, 0.1) is 5.82 Å². The van der Waals surface area contributed by atoms with Gasteiger partial charge in [-0.25, -0.2) is 14.4 Å². The van der Waals surface area contributed by atoms with Crippen LogP contribution in [0.2, 0.25) is 0 Å². The van der Waals surface area contributed by atoms with Gasteiger partial charge in [-0.15, -0.1) is 5.10 Å². The number of anilines is 4. The summed E-state index contributed by atoms with van der Waals surface area (Å²) in [5, 5.41) is 11.6. The van der Waals surface area contributed by atoms with Crippen LogP contribution in [0.4, 0.5) is 41.0 Å². The predicted octanol–water partition coefficient (Wildman–Crippen LogP) is 2.00. The molecule has 0 aliphatic carbocycles. The largest absolute Gasteiger partial charge is 0.405 e. The first kappa shape index (κ1) is 21.7. The minimum absolute atomic E-state index is 0.0146. The number of amides is 1. The zero-order valence-corrected chi connectivity index (χ0v) is 15.8. The van der Waals surface area contributed by atoms with E-state index in [0.717, 1.165) is 0 Å². The van der Waals surface area contributed by atoms with Crippen LogP contribution >= 0.6 is 0 Å². The molecule has 0 saturated heterocycles. The number of hydrogen-bond acceptors (Lipinski definition) is 8. The highest BCUT2D eigenvalue weighted by Crippen LogP contribution is 2.18. The summed E-state index contributed by atoms with van der Waals surface area (Å²) in [4.78, 5) is 23.5. The molecule has 0 fully saturated rings.